The van der Waals surface area contributed by atoms with Crippen molar-refractivity contribution in [2.45, 2.75) is 12.5 Å². The van der Waals surface area contributed by atoms with E-state index in [1.807, 2.05) is 0 Å². The maximum Gasteiger partial charge on any atom is 0.321 e. The molecule has 0 saturated carbocycles. The molecule has 1 atom stereocenters. The maximum absolute atomic E-state index is 9.99. The van der Waals surface area contributed by atoms with E-state index in [0.717, 1.165) is 0 Å². The molecule has 0 spiro atoms. The van der Waals surface area contributed by atoms with Crippen LogP contribution < -0.4 is 22.9 Å². The van der Waals surface area contributed by atoms with Crippen molar-refractivity contribution in [2.24, 2.45) is 22.9 Å². The van der Waals surface area contributed by atoms with Gasteiger partial charge in [-0.15, -0.1) is 0 Å². The van der Waals surface area contributed by atoms with Crippen LogP contribution in [0.25, 0.3) is 0 Å². The smallest absolute Gasteiger partial charge is 0.321 e. The molecule has 3 amide bonds. The first-order valence-electron chi connectivity index (χ1n) is 3.09. The van der Waals surface area contributed by atoms with Crippen molar-refractivity contribution in [1.82, 2.24) is 0 Å². The number of carbonyl (C=O) groups is 3. The van der Waals surface area contributed by atoms with Crippen LogP contribution in [0.2, 0.25) is 0 Å². The lowest BCUT2D eigenvalue weighted by atomic mass is 10.2. The Bertz CT molecular complexity index is 201. The molecule has 8 heteroatoms. The number of carboxylic acids is 1. The van der Waals surface area contributed by atoms with Crippen LogP contribution in [0.1, 0.15) is 6.42 Å². The number of hydrogen-bond donors (Lipinski definition) is 5. The quantitative estimate of drug-likeness (QED) is 0.326. The number of carbonyl (C=O) groups excluding carboxylic acids is 2. The van der Waals surface area contributed by atoms with Crippen LogP contribution in [0.5, 0.6) is 0 Å². The average Bonchev–Trinajstić information content (AvgIpc) is 1.83. The van der Waals surface area contributed by atoms with Crippen molar-refractivity contribution in [3.8, 4) is 0 Å². The number of hydrogen-bond acceptors (Lipinski definition) is 4. The van der Waals surface area contributed by atoms with Crippen LogP contribution in [-0.2, 0) is 9.59 Å². The predicted octanol–water partition coefficient (Wildman–Crippen LogP) is -2.70. The molecule has 0 rings (SSSR count). The Morgan fingerprint density at radius 1 is 1.15 bits per heavy atom. The summed E-state index contributed by atoms with van der Waals surface area (Å²) in [5.74, 6) is -1.92. The van der Waals surface area contributed by atoms with E-state index in [0.29, 0.717) is 0 Å². The van der Waals surface area contributed by atoms with Crippen molar-refractivity contribution < 1.29 is 19.5 Å². The van der Waals surface area contributed by atoms with Crippen molar-refractivity contribution in [2.75, 3.05) is 0 Å². The third kappa shape index (κ3) is 17.8. The second-order valence-electron chi connectivity index (χ2n) is 2.02. The molecule has 0 fully saturated rings. The summed E-state index contributed by atoms with van der Waals surface area (Å²) in [5, 5.41) is 8.10. The van der Waals surface area contributed by atoms with Crippen LogP contribution in [0, 0.1) is 0 Å². The molecule has 0 saturated heterocycles. The van der Waals surface area contributed by atoms with Crippen LogP contribution in [-0.4, -0.2) is 29.1 Å². The van der Waals surface area contributed by atoms with Gasteiger partial charge in [-0.1, -0.05) is 0 Å². The summed E-state index contributed by atoms with van der Waals surface area (Å²) in [5.41, 5.74) is 18.1. The fraction of sp³-hybridized carbons (Fsp3) is 0.400. The third-order valence-electron chi connectivity index (χ3n) is 0.738. The number of rotatable bonds is 3. The van der Waals surface area contributed by atoms with Gasteiger partial charge in [0.15, 0.2) is 0 Å². The Balaban J connectivity index is 0. The summed E-state index contributed by atoms with van der Waals surface area (Å²) in [7, 11) is 0. The third-order valence-corrected chi connectivity index (χ3v) is 0.738. The molecule has 0 aliphatic rings. The fourth-order valence-electron chi connectivity index (χ4n) is 0.304. The summed E-state index contributed by atoms with van der Waals surface area (Å²) < 4.78 is 0. The summed E-state index contributed by atoms with van der Waals surface area (Å²) in [6.45, 7) is 0. The van der Waals surface area contributed by atoms with Crippen LogP contribution in [0.15, 0.2) is 0 Å². The van der Waals surface area contributed by atoms with Gasteiger partial charge in [0.1, 0.15) is 6.04 Å². The number of aliphatic carboxylic acids is 1. The highest BCUT2D eigenvalue weighted by molar-refractivity contribution is 5.83. The maximum atomic E-state index is 9.99. The van der Waals surface area contributed by atoms with E-state index in [1.165, 1.54) is 0 Å². The number of amides is 3. The van der Waals surface area contributed by atoms with Gasteiger partial charge >= 0.3 is 12.0 Å². The highest BCUT2D eigenvalue weighted by Gasteiger charge is 2.13. The van der Waals surface area contributed by atoms with Crippen LogP contribution in [0.3, 0.4) is 0 Å². The molecule has 0 radical (unpaired) electrons. The highest BCUT2D eigenvalue weighted by Crippen LogP contribution is 1.84. The Labute approximate surface area is 73.8 Å². The zero-order valence-electron chi connectivity index (χ0n) is 6.77. The molecule has 8 nitrogen and oxygen atoms in total. The summed E-state index contributed by atoms with van der Waals surface area (Å²) in [4.78, 5) is 28.9. The lowest BCUT2D eigenvalue weighted by molar-refractivity contribution is -0.140. The second-order valence-corrected chi connectivity index (χ2v) is 2.02. The largest absolute Gasteiger partial charge is 0.480 e. The molecule has 9 N–H and O–H groups in total. The van der Waals surface area contributed by atoms with Gasteiger partial charge in [0.2, 0.25) is 5.91 Å². The number of urea groups is 1. The molecule has 1 unspecified atom stereocenters. The predicted molar refractivity (Wildman–Crippen MR) is 43.2 cm³/mol. The van der Waals surface area contributed by atoms with Gasteiger partial charge in [-0.3, -0.25) is 9.59 Å². The van der Waals surface area contributed by atoms with Crippen LogP contribution >= 0.6 is 0 Å². The Morgan fingerprint density at radius 3 is 1.54 bits per heavy atom. The normalized spacial score (nSPS) is 10.5. The lowest BCUT2D eigenvalue weighted by Gasteiger charge is -1.99. The first-order valence-corrected chi connectivity index (χ1v) is 3.09. The van der Waals surface area contributed by atoms with E-state index in [2.05, 4.69) is 17.2 Å². The van der Waals surface area contributed by atoms with Gasteiger partial charge in [0.25, 0.3) is 0 Å². The van der Waals surface area contributed by atoms with Crippen molar-refractivity contribution in [3.05, 3.63) is 0 Å². The SMILES string of the molecule is NC(=O)CC(N)C(=O)O.NC(N)=O. The zero-order valence-corrected chi connectivity index (χ0v) is 6.77. The van der Waals surface area contributed by atoms with Gasteiger partial charge < -0.3 is 28.0 Å². The van der Waals surface area contributed by atoms with Gasteiger partial charge in [-0.05, 0) is 0 Å². The fourth-order valence-corrected chi connectivity index (χ4v) is 0.304. The van der Waals surface area contributed by atoms with E-state index in [-0.39, 0.29) is 6.42 Å². The van der Waals surface area contributed by atoms with Gasteiger partial charge in [-0.25, -0.2) is 4.79 Å². The Kier molecular flexibility index (Phi) is 7.24. The minimum absolute atomic E-state index is 0.310. The second kappa shape index (κ2) is 6.85. The number of primary amides is 3. The molecule has 13 heavy (non-hydrogen) atoms. The van der Waals surface area contributed by atoms with E-state index in [9.17, 15) is 9.59 Å². The molecule has 0 bridgehead atoms. The Morgan fingerprint density at radius 2 is 1.46 bits per heavy atom. The van der Waals surface area contributed by atoms with Gasteiger partial charge in [0.05, 0.1) is 6.42 Å². The van der Waals surface area contributed by atoms with E-state index >= 15 is 0 Å². The first-order chi connectivity index (χ1) is 5.77. The van der Waals surface area contributed by atoms with E-state index < -0.39 is 23.9 Å². The van der Waals surface area contributed by atoms with E-state index in [1.54, 1.807) is 0 Å². The molecule has 76 valence electrons. The monoisotopic (exact) mass is 192 g/mol. The summed E-state index contributed by atoms with van der Waals surface area (Å²) in [6.07, 6.45) is -0.310. The number of nitrogens with two attached hydrogens (primary N) is 4. The molecule has 0 heterocycles. The molecule has 0 aliphatic carbocycles. The standard InChI is InChI=1S/C4H8N2O3.CH4N2O/c5-2(4(8)9)1-3(6)7;2-1(3)4/h2H,1,5H2,(H2,6,7)(H,8,9);(H4,2,3,4). The molecular weight excluding hydrogens is 180 g/mol. The lowest BCUT2D eigenvalue weighted by Crippen LogP contribution is -2.34. The molecule has 0 aliphatic heterocycles. The van der Waals surface area contributed by atoms with Crippen molar-refractivity contribution >= 4 is 17.9 Å². The first kappa shape index (κ1) is 13.7. The minimum atomic E-state index is -1.21. The van der Waals surface area contributed by atoms with Crippen molar-refractivity contribution in [3.63, 3.8) is 0 Å². The minimum Gasteiger partial charge on any atom is -0.480 e. The number of carboxylic acid groups (broad SMARTS) is 1. The van der Waals surface area contributed by atoms with E-state index in [4.69, 9.17) is 15.6 Å². The topological polar surface area (TPSA) is 176 Å². The summed E-state index contributed by atoms with van der Waals surface area (Å²) in [6, 6.07) is -2.00. The summed E-state index contributed by atoms with van der Waals surface area (Å²) >= 11 is 0. The Hall–Kier alpha value is -1.83. The van der Waals surface area contributed by atoms with Gasteiger partial charge in [0, 0.05) is 0 Å². The molecular formula is C5H12N4O4. The molecule has 0 aromatic rings. The zero-order chi connectivity index (χ0) is 11.0. The van der Waals surface area contributed by atoms with Gasteiger partial charge in [-0.2, -0.15) is 0 Å². The molecule has 0 aromatic heterocycles. The van der Waals surface area contributed by atoms with Crippen LogP contribution in [0.4, 0.5) is 4.79 Å². The molecule has 0 aromatic carbocycles. The average molecular weight is 192 g/mol. The highest BCUT2D eigenvalue weighted by atomic mass is 16.4. The van der Waals surface area contributed by atoms with Crippen molar-refractivity contribution in [1.29, 1.82) is 0 Å².